The van der Waals surface area contributed by atoms with Gasteiger partial charge in [0.25, 0.3) is 0 Å². The summed E-state index contributed by atoms with van der Waals surface area (Å²) < 4.78 is 0. The average Bonchev–Trinajstić information content (AvgIpc) is 2.65. The van der Waals surface area contributed by atoms with Gasteiger partial charge in [0.15, 0.2) is 0 Å². The average molecular weight is 273 g/mol. The van der Waals surface area contributed by atoms with Crippen molar-refractivity contribution in [2.45, 2.75) is 44.1 Å². The van der Waals surface area contributed by atoms with Crippen molar-refractivity contribution in [1.82, 2.24) is 4.90 Å². The standard InChI is InChI=1S/C16H19NO3/c18-15(13-10-11-6-3-4-7-12(11)13)17-9-5-1-2-8-14(17)16(19)20/h3-4,6-7,13-14H,1-2,5,8-10H2,(H,19,20). The van der Waals surface area contributed by atoms with Crippen molar-refractivity contribution < 1.29 is 14.7 Å². The highest BCUT2D eigenvalue weighted by Gasteiger charge is 2.39. The van der Waals surface area contributed by atoms with E-state index in [4.69, 9.17) is 0 Å². The van der Waals surface area contributed by atoms with Gasteiger partial charge in [0, 0.05) is 6.54 Å². The van der Waals surface area contributed by atoms with Crippen LogP contribution in [0.4, 0.5) is 0 Å². The van der Waals surface area contributed by atoms with E-state index in [1.807, 2.05) is 24.3 Å². The predicted molar refractivity (Wildman–Crippen MR) is 74.5 cm³/mol. The summed E-state index contributed by atoms with van der Waals surface area (Å²) in [5.41, 5.74) is 2.29. The second-order valence-electron chi connectivity index (χ2n) is 5.69. The lowest BCUT2D eigenvalue weighted by Crippen LogP contribution is -2.48. The smallest absolute Gasteiger partial charge is 0.326 e. The minimum absolute atomic E-state index is 0.00185. The second kappa shape index (κ2) is 5.27. The number of hydrogen-bond donors (Lipinski definition) is 1. The first kappa shape index (κ1) is 13.2. The van der Waals surface area contributed by atoms with Crippen molar-refractivity contribution in [2.75, 3.05) is 6.54 Å². The number of amides is 1. The van der Waals surface area contributed by atoms with E-state index in [1.165, 1.54) is 5.56 Å². The molecule has 20 heavy (non-hydrogen) atoms. The number of hydrogen-bond acceptors (Lipinski definition) is 2. The molecule has 1 aromatic carbocycles. The first-order valence-electron chi connectivity index (χ1n) is 7.29. The zero-order valence-electron chi connectivity index (χ0n) is 11.4. The molecule has 0 spiro atoms. The van der Waals surface area contributed by atoms with Gasteiger partial charge in [0.1, 0.15) is 6.04 Å². The van der Waals surface area contributed by atoms with Gasteiger partial charge in [-0.2, -0.15) is 0 Å². The Morgan fingerprint density at radius 2 is 1.95 bits per heavy atom. The highest BCUT2D eigenvalue weighted by Crippen LogP contribution is 2.37. The third-order valence-corrected chi connectivity index (χ3v) is 4.47. The van der Waals surface area contributed by atoms with E-state index in [0.717, 1.165) is 31.2 Å². The van der Waals surface area contributed by atoms with Crippen LogP contribution in [-0.4, -0.2) is 34.5 Å². The first-order chi connectivity index (χ1) is 9.68. The summed E-state index contributed by atoms with van der Waals surface area (Å²) in [6.45, 7) is 0.578. The molecule has 1 amide bonds. The molecule has 1 aliphatic heterocycles. The van der Waals surface area contributed by atoms with E-state index < -0.39 is 12.0 Å². The van der Waals surface area contributed by atoms with Crippen LogP contribution in [0.5, 0.6) is 0 Å². The molecule has 2 unspecified atom stereocenters. The van der Waals surface area contributed by atoms with Gasteiger partial charge >= 0.3 is 5.97 Å². The zero-order valence-corrected chi connectivity index (χ0v) is 11.4. The molecule has 1 fully saturated rings. The Labute approximate surface area is 118 Å². The molecular formula is C16H19NO3. The normalized spacial score (nSPS) is 25.3. The van der Waals surface area contributed by atoms with Crippen LogP contribution in [-0.2, 0) is 16.0 Å². The lowest BCUT2D eigenvalue weighted by atomic mass is 9.76. The topological polar surface area (TPSA) is 57.6 Å². The van der Waals surface area contributed by atoms with E-state index in [2.05, 4.69) is 0 Å². The number of benzene rings is 1. The van der Waals surface area contributed by atoms with Gasteiger partial charge in [0.05, 0.1) is 5.92 Å². The van der Waals surface area contributed by atoms with Crippen molar-refractivity contribution in [3.63, 3.8) is 0 Å². The quantitative estimate of drug-likeness (QED) is 0.898. The second-order valence-corrected chi connectivity index (χ2v) is 5.69. The molecule has 4 nitrogen and oxygen atoms in total. The fraction of sp³-hybridized carbons (Fsp3) is 0.500. The number of carbonyl (C=O) groups is 2. The summed E-state index contributed by atoms with van der Waals surface area (Å²) in [5.74, 6) is -1.00. The fourth-order valence-electron chi connectivity index (χ4n) is 3.31. The molecule has 1 aromatic rings. The van der Waals surface area contributed by atoms with Crippen LogP contribution in [0.15, 0.2) is 24.3 Å². The SMILES string of the molecule is O=C(O)C1CCCCCN1C(=O)C1Cc2ccccc21. The largest absolute Gasteiger partial charge is 0.480 e. The number of fused-ring (bicyclic) bond motifs is 1. The molecule has 4 heteroatoms. The molecule has 0 saturated carbocycles. The van der Waals surface area contributed by atoms with Gasteiger partial charge in [-0.15, -0.1) is 0 Å². The summed E-state index contributed by atoms with van der Waals surface area (Å²) in [4.78, 5) is 25.7. The van der Waals surface area contributed by atoms with E-state index in [1.54, 1.807) is 4.90 Å². The predicted octanol–water partition coefficient (Wildman–Crippen LogP) is 2.18. The van der Waals surface area contributed by atoms with E-state index in [0.29, 0.717) is 13.0 Å². The minimum atomic E-state index is -0.868. The monoisotopic (exact) mass is 273 g/mol. The zero-order chi connectivity index (χ0) is 14.1. The highest BCUT2D eigenvalue weighted by molar-refractivity contribution is 5.90. The van der Waals surface area contributed by atoms with Gasteiger partial charge < -0.3 is 10.0 Å². The van der Waals surface area contributed by atoms with Gasteiger partial charge in [-0.05, 0) is 30.4 Å². The number of aliphatic carboxylic acids is 1. The van der Waals surface area contributed by atoms with Gasteiger partial charge in [0.2, 0.25) is 5.91 Å². The van der Waals surface area contributed by atoms with Crippen LogP contribution < -0.4 is 0 Å². The molecule has 2 aliphatic rings. The molecular weight excluding hydrogens is 254 g/mol. The minimum Gasteiger partial charge on any atom is -0.480 e. The number of nitrogens with zero attached hydrogens (tertiary/aromatic N) is 1. The molecule has 106 valence electrons. The van der Waals surface area contributed by atoms with E-state index in [-0.39, 0.29) is 11.8 Å². The maximum absolute atomic E-state index is 12.7. The molecule has 1 aliphatic carbocycles. The number of carbonyl (C=O) groups excluding carboxylic acids is 1. The van der Waals surface area contributed by atoms with Gasteiger partial charge in [-0.25, -0.2) is 4.79 Å². The lowest BCUT2D eigenvalue weighted by Gasteiger charge is -2.36. The molecule has 2 atom stereocenters. The van der Waals surface area contributed by atoms with Crippen molar-refractivity contribution >= 4 is 11.9 Å². The van der Waals surface area contributed by atoms with Crippen molar-refractivity contribution in [2.24, 2.45) is 0 Å². The van der Waals surface area contributed by atoms with Crippen molar-refractivity contribution in [1.29, 1.82) is 0 Å². The summed E-state index contributed by atoms with van der Waals surface area (Å²) >= 11 is 0. The number of carboxylic acid groups (broad SMARTS) is 1. The first-order valence-corrected chi connectivity index (χ1v) is 7.29. The maximum atomic E-state index is 12.7. The Morgan fingerprint density at radius 3 is 2.70 bits per heavy atom. The summed E-state index contributed by atoms with van der Waals surface area (Å²) in [6.07, 6.45) is 4.13. The third kappa shape index (κ3) is 2.19. The Morgan fingerprint density at radius 1 is 1.15 bits per heavy atom. The van der Waals surface area contributed by atoms with Gasteiger partial charge in [-0.1, -0.05) is 37.1 Å². The van der Waals surface area contributed by atoms with Crippen LogP contribution in [0.3, 0.4) is 0 Å². The van der Waals surface area contributed by atoms with Crippen molar-refractivity contribution in [3.05, 3.63) is 35.4 Å². The van der Waals surface area contributed by atoms with Crippen LogP contribution in [0.25, 0.3) is 0 Å². The molecule has 0 aromatic heterocycles. The van der Waals surface area contributed by atoms with Crippen LogP contribution in [0, 0.1) is 0 Å². The Balaban J connectivity index is 1.80. The highest BCUT2D eigenvalue weighted by atomic mass is 16.4. The summed E-state index contributed by atoms with van der Waals surface area (Å²) in [5, 5.41) is 9.36. The fourth-order valence-corrected chi connectivity index (χ4v) is 3.31. The number of rotatable bonds is 2. The Kier molecular flexibility index (Phi) is 3.47. The third-order valence-electron chi connectivity index (χ3n) is 4.47. The molecule has 1 heterocycles. The Bertz CT molecular complexity index is 540. The van der Waals surface area contributed by atoms with Crippen LogP contribution in [0.1, 0.15) is 42.7 Å². The summed E-state index contributed by atoms with van der Waals surface area (Å²) in [7, 11) is 0. The van der Waals surface area contributed by atoms with E-state index in [9.17, 15) is 14.7 Å². The van der Waals surface area contributed by atoms with Crippen LogP contribution in [0.2, 0.25) is 0 Å². The van der Waals surface area contributed by atoms with Gasteiger partial charge in [-0.3, -0.25) is 4.79 Å². The lowest BCUT2D eigenvalue weighted by molar-refractivity contribution is -0.151. The molecule has 1 saturated heterocycles. The maximum Gasteiger partial charge on any atom is 0.326 e. The number of carboxylic acids is 1. The molecule has 0 bridgehead atoms. The van der Waals surface area contributed by atoms with Crippen LogP contribution >= 0.6 is 0 Å². The Hall–Kier alpha value is -1.84. The molecule has 3 rings (SSSR count). The van der Waals surface area contributed by atoms with E-state index >= 15 is 0 Å². The molecule has 0 radical (unpaired) electrons. The molecule has 1 N–H and O–H groups in total. The number of likely N-dealkylation sites (tertiary alicyclic amines) is 1. The summed E-state index contributed by atoms with van der Waals surface area (Å²) in [6, 6.07) is 7.30. The van der Waals surface area contributed by atoms with Crippen molar-refractivity contribution in [3.8, 4) is 0 Å².